The van der Waals surface area contributed by atoms with E-state index in [1.165, 1.54) is 27.8 Å². The molecule has 0 unspecified atom stereocenters. The average Bonchev–Trinajstić information content (AvgIpc) is 2.83. The van der Waals surface area contributed by atoms with E-state index in [1.54, 1.807) is 0 Å². The van der Waals surface area contributed by atoms with Crippen LogP contribution in [0.2, 0.25) is 0 Å². The Labute approximate surface area is 201 Å². The van der Waals surface area contributed by atoms with Gasteiger partial charge in [-0.25, -0.2) is 0 Å². The molecule has 1 aromatic heterocycles. The largest absolute Gasteiger partial charge is 0.303 e. The molecule has 5 aromatic rings. The number of pyridine rings is 1. The van der Waals surface area contributed by atoms with Gasteiger partial charge in [-0.3, -0.25) is 4.79 Å². The maximum atomic E-state index is 13.8. The molecular weight excluding hydrogens is 414 g/mol. The van der Waals surface area contributed by atoms with Gasteiger partial charge < -0.3 is 4.57 Å². The highest BCUT2D eigenvalue weighted by atomic mass is 16.1. The Morgan fingerprint density at radius 3 is 2.15 bits per heavy atom. The van der Waals surface area contributed by atoms with Gasteiger partial charge in [0.15, 0.2) is 0 Å². The molecule has 5 rings (SSSR count). The van der Waals surface area contributed by atoms with E-state index in [0.717, 1.165) is 34.0 Å². The van der Waals surface area contributed by atoms with Crippen molar-refractivity contribution in [3.8, 4) is 11.3 Å². The minimum atomic E-state index is 0.0685. The highest BCUT2D eigenvalue weighted by molar-refractivity contribution is 5.88. The van der Waals surface area contributed by atoms with Gasteiger partial charge in [-0.15, -0.1) is 0 Å². The highest BCUT2D eigenvalue weighted by Crippen LogP contribution is 2.26. The first kappa shape index (κ1) is 21.9. The molecule has 0 spiro atoms. The van der Waals surface area contributed by atoms with Crippen molar-refractivity contribution < 1.29 is 0 Å². The third-order valence-corrected chi connectivity index (χ3v) is 6.67. The number of benzene rings is 4. The van der Waals surface area contributed by atoms with Crippen molar-refractivity contribution in [1.82, 2.24) is 4.57 Å². The van der Waals surface area contributed by atoms with Crippen molar-refractivity contribution >= 4 is 10.8 Å². The normalized spacial score (nSPS) is 11.1. The number of rotatable bonds is 5. The first-order valence-corrected chi connectivity index (χ1v) is 11.8. The molecule has 0 N–H and O–H groups in total. The summed E-state index contributed by atoms with van der Waals surface area (Å²) in [5, 5.41) is 1.79. The summed E-state index contributed by atoms with van der Waals surface area (Å²) < 4.78 is 1.94. The summed E-state index contributed by atoms with van der Waals surface area (Å²) in [6.07, 6.45) is 0.896. The number of hydrogen-bond donors (Lipinski definition) is 0. The summed E-state index contributed by atoms with van der Waals surface area (Å²) >= 11 is 0. The van der Waals surface area contributed by atoms with Crippen molar-refractivity contribution in [3.63, 3.8) is 0 Å². The molecule has 2 heteroatoms. The lowest BCUT2D eigenvalue weighted by Gasteiger charge is -2.17. The van der Waals surface area contributed by atoms with E-state index in [2.05, 4.69) is 86.6 Å². The van der Waals surface area contributed by atoms with Crippen LogP contribution in [-0.4, -0.2) is 4.57 Å². The van der Waals surface area contributed by atoms with Crippen molar-refractivity contribution in [2.45, 2.75) is 33.7 Å². The minimum absolute atomic E-state index is 0.0685. The van der Waals surface area contributed by atoms with E-state index in [1.807, 2.05) is 35.8 Å². The number of nitrogens with zero attached hydrogens (tertiary/aromatic N) is 1. The van der Waals surface area contributed by atoms with Crippen LogP contribution >= 0.6 is 0 Å². The number of aryl methyl sites for hydroxylation is 3. The second-order valence-electron chi connectivity index (χ2n) is 9.25. The van der Waals surface area contributed by atoms with Gasteiger partial charge in [0.05, 0.1) is 17.6 Å². The summed E-state index contributed by atoms with van der Waals surface area (Å²) in [5.41, 5.74) is 9.26. The Morgan fingerprint density at radius 2 is 1.41 bits per heavy atom. The van der Waals surface area contributed by atoms with Gasteiger partial charge in [-0.2, -0.15) is 0 Å². The quantitative estimate of drug-likeness (QED) is 0.281. The van der Waals surface area contributed by atoms with Gasteiger partial charge >= 0.3 is 0 Å². The van der Waals surface area contributed by atoms with Crippen molar-refractivity contribution in [1.29, 1.82) is 0 Å². The van der Waals surface area contributed by atoms with Crippen LogP contribution in [0.5, 0.6) is 0 Å². The highest BCUT2D eigenvalue weighted by Gasteiger charge is 2.14. The number of hydrogen-bond acceptors (Lipinski definition) is 1. The zero-order chi connectivity index (χ0) is 23.7. The summed E-state index contributed by atoms with van der Waals surface area (Å²) in [6.45, 7) is 6.79. The zero-order valence-electron chi connectivity index (χ0n) is 20.0. The van der Waals surface area contributed by atoms with Crippen LogP contribution in [0.3, 0.4) is 0 Å². The molecule has 0 bridgehead atoms. The van der Waals surface area contributed by atoms with Gasteiger partial charge in [-0.05, 0) is 72.0 Å². The van der Waals surface area contributed by atoms with Crippen LogP contribution in [0.1, 0.15) is 33.4 Å². The summed E-state index contributed by atoms with van der Waals surface area (Å²) in [6, 6.07) is 33.8. The Balaban J connectivity index is 1.62. The first-order chi connectivity index (χ1) is 16.5. The fourth-order valence-electron chi connectivity index (χ4n) is 4.79. The Morgan fingerprint density at radius 1 is 0.676 bits per heavy atom. The lowest BCUT2D eigenvalue weighted by Crippen LogP contribution is -2.23. The van der Waals surface area contributed by atoms with E-state index < -0.39 is 0 Å². The SMILES string of the molecule is Cc1ccc(Cn2c(-c3ccc(Cc4ccccc4)cc3)cc3cccc(C)c3c2=O)c(C)c1. The van der Waals surface area contributed by atoms with Crippen LogP contribution in [0.4, 0.5) is 0 Å². The predicted octanol–water partition coefficient (Wildman–Crippen LogP) is 7.23. The maximum absolute atomic E-state index is 13.8. The van der Waals surface area contributed by atoms with E-state index in [4.69, 9.17) is 0 Å². The van der Waals surface area contributed by atoms with Gasteiger partial charge in [0.1, 0.15) is 0 Å². The van der Waals surface area contributed by atoms with Crippen molar-refractivity contribution in [2.24, 2.45) is 0 Å². The monoisotopic (exact) mass is 443 g/mol. The molecule has 0 atom stereocenters. The van der Waals surface area contributed by atoms with Crippen LogP contribution in [0.15, 0.2) is 102 Å². The minimum Gasteiger partial charge on any atom is -0.303 e. The summed E-state index contributed by atoms with van der Waals surface area (Å²) in [7, 11) is 0. The van der Waals surface area contributed by atoms with E-state index >= 15 is 0 Å². The summed E-state index contributed by atoms with van der Waals surface area (Å²) in [4.78, 5) is 13.8. The molecule has 0 fully saturated rings. The second-order valence-corrected chi connectivity index (χ2v) is 9.25. The molecule has 0 radical (unpaired) electrons. The molecule has 0 aliphatic carbocycles. The number of aromatic nitrogens is 1. The van der Waals surface area contributed by atoms with E-state index in [-0.39, 0.29) is 5.56 Å². The Hall–Kier alpha value is -3.91. The van der Waals surface area contributed by atoms with Gasteiger partial charge in [0.2, 0.25) is 0 Å². The van der Waals surface area contributed by atoms with Crippen molar-refractivity contribution in [2.75, 3.05) is 0 Å². The molecule has 4 aromatic carbocycles. The molecule has 1 heterocycles. The van der Waals surface area contributed by atoms with Gasteiger partial charge in [0, 0.05) is 0 Å². The third kappa shape index (κ3) is 4.32. The second kappa shape index (κ2) is 9.15. The van der Waals surface area contributed by atoms with E-state index in [9.17, 15) is 4.79 Å². The smallest absolute Gasteiger partial charge is 0.259 e. The van der Waals surface area contributed by atoms with Crippen LogP contribution < -0.4 is 5.56 Å². The lowest BCUT2D eigenvalue weighted by atomic mass is 9.99. The van der Waals surface area contributed by atoms with Gasteiger partial charge in [0.25, 0.3) is 5.56 Å². The van der Waals surface area contributed by atoms with Crippen LogP contribution in [0, 0.1) is 20.8 Å². The fraction of sp³-hybridized carbons (Fsp3) is 0.156. The molecule has 0 aliphatic rings. The third-order valence-electron chi connectivity index (χ3n) is 6.67. The molecule has 0 saturated heterocycles. The molecule has 168 valence electrons. The van der Waals surface area contributed by atoms with Gasteiger partial charge in [-0.1, -0.05) is 96.6 Å². The van der Waals surface area contributed by atoms with Crippen LogP contribution in [-0.2, 0) is 13.0 Å². The van der Waals surface area contributed by atoms with E-state index in [0.29, 0.717) is 6.54 Å². The first-order valence-electron chi connectivity index (χ1n) is 11.8. The standard InChI is InChI=1S/C32H29NO/c1-22-12-15-29(24(3)18-22)21-33-30(20-28-11-7-8-23(2)31(28)32(33)34)27-16-13-26(14-17-27)19-25-9-5-4-6-10-25/h4-18,20H,19,21H2,1-3H3. The molecule has 2 nitrogen and oxygen atoms in total. The molecular formula is C32H29NO. The predicted molar refractivity (Wildman–Crippen MR) is 143 cm³/mol. The Bertz CT molecular complexity index is 1530. The lowest BCUT2D eigenvalue weighted by molar-refractivity contribution is 0.771. The Kier molecular flexibility index (Phi) is 5.90. The zero-order valence-corrected chi connectivity index (χ0v) is 20.0. The average molecular weight is 444 g/mol. The molecule has 0 amide bonds. The van der Waals surface area contributed by atoms with Crippen LogP contribution in [0.25, 0.3) is 22.0 Å². The molecule has 34 heavy (non-hydrogen) atoms. The number of fused-ring (bicyclic) bond motifs is 1. The fourth-order valence-corrected chi connectivity index (χ4v) is 4.79. The topological polar surface area (TPSA) is 22.0 Å². The molecule has 0 saturated carbocycles. The molecule has 0 aliphatic heterocycles. The van der Waals surface area contributed by atoms with Crippen molar-refractivity contribution in [3.05, 3.63) is 141 Å². The maximum Gasteiger partial charge on any atom is 0.259 e. The summed E-state index contributed by atoms with van der Waals surface area (Å²) in [5.74, 6) is 0.